The summed E-state index contributed by atoms with van der Waals surface area (Å²) in [6.07, 6.45) is 3.41. The van der Waals surface area contributed by atoms with E-state index in [-0.39, 0.29) is 11.8 Å². The van der Waals surface area contributed by atoms with Crippen LogP contribution >= 0.6 is 0 Å². The highest BCUT2D eigenvalue weighted by atomic mass is 16.2. The Labute approximate surface area is 107 Å². The molecule has 0 aliphatic carbocycles. The zero-order valence-electron chi connectivity index (χ0n) is 10.8. The van der Waals surface area contributed by atoms with Gasteiger partial charge < -0.3 is 10.6 Å². The molecule has 0 saturated carbocycles. The Kier molecular flexibility index (Phi) is 5.84. The molecule has 0 aromatic carbocycles. The summed E-state index contributed by atoms with van der Waals surface area (Å²) in [7, 11) is 0. The lowest BCUT2D eigenvalue weighted by Gasteiger charge is -2.12. The van der Waals surface area contributed by atoms with Gasteiger partial charge in [0.05, 0.1) is 0 Å². The molecule has 0 aliphatic heterocycles. The summed E-state index contributed by atoms with van der Waals surface area (Å²) in [4.78, 5) is 26.5. The van der Waals surface area contributed by atoms with Gasteiger partial charge in [0.25, 0.3) is 0 Å². The van der Waals surface area contributed by atoms with E-state index in [1.807, 2.05) is 18.2 Å². The highest BCUT2D eigenvalue weighted by molar-refractivity contribution is 5.86. The van der Waals surface area contributed by atoms with Crippen molar-refractivity contribution in [3.8, 4) is 0 Å². The van der Waals surface area contributed by atoms with Crippen molar-refractivity contribution in [2.45, 2.75) is 32.7 Å². The minimum atomic E-state index is -0.489. The van der Waals surface area contributed by atoms with Crippen LogP contribution in [-0.2, 0) is 16.0 Å². The highest BCUT2D eigenvalue weighted by Crippen LogP contribution is 1.97. The molecule has 0 aliphatic rings. The number of hydrogen-bond donors (Lipinski definition) is 2. The zero-order chi connectivity index (χ0) is 13.4. The molecule has 18 heavy (non-hydrogen) atoms. The maximum atomic E-state index is 11.5. The summed E-state index contributed by atoms with van der Waals surface area (Å²) < 4.78 is 0. The molecule has 1 aromatic heterocycles. The van der Waals surface area contributed by atoms with E-state index < -0.39 is 6.04 Å². The molecule has 0 bridgehead atoms. The monoisotopic (exact) mass is 249 g/mol. The molecule has 1 rings (SSSR count). The minimum Gasteiger partial charge on any atom is -0.354 e. The topological polar surface area (TPSA) is 71.1 Å². The van der Waals surface area contributed by atoms with Gasteiger partial charge in [-0.3, -0.25) is 14.6 Å². The largest absolute Gasteiger partial charge is 0.354 e. The summed E-state index contributed by atoms with van der Waals surface area (Å²) in [6, 6.07) is 5.29. The third-order valence-corrected chi connectivity index (χ3v) is 2.45. The molecule has 2 N–H and O–H groups in total. The van der Waals surface area contributed by atoms with Crippen LogP contribution in [0, 0.1) is 0 Å². The molecule has 1 aromatic rings. The lowest BCUT2D eigenvalue weighted by Crippen LogP contribution is -2.44. The molecule has 0 radical (unpaired) electrons. The quantitative estimate of drug-likeness (QED) is 0.727. The first-order valence-electron chi connectivity index (χ1n) is 6.04. The third-order valence-electron chi connectivity index (χ3n) is 2.45. The molecular weight excluding hydrogens is 230 g/mol. The van der Waals surface area contributed by atoms with Crippen molar-refractivity contribution in [3.05, 3.63) is 30.1 Å². The molecule has 0 fully saturated rings. The van der Waals surface area contributed by atoms with Gasteiger partial charge >= 0.3 is 0 Å². The number of aryl methyl sites for hydroxylation is 1. The Morgan fingerprint density at radius 3 is 2.78 bits per heavy atom. The Bertz CT molecular complexity index is 392. The smallest absolute Gasteiger partial charge is 0.242 e. The van der Waals surface area contributed by atoms with E-state index in [2.05, 4.69) is 15.6 Å². The maximum Gasteiger partial charge on any atom is 0.242 e. The number of nitrogens with zero attached hydrogens (tertiary/aromatic N) is 1. The molecule has 5 nitrogen and oxygen atoms in total. The lowest BCUT2D eigenvalue weighted by molar-refractivity contribution is -0.127. The Morgan fingerprint density at radius 2 is 2.17 bits per heavy atom. The number of hydrogen-bond acceptors (Lipinski definition) is 3. The number of pyridine rings is 1. The minimum absolute atomic E-state index is 0.161. The van der Waals surface area contributed by atoms with Crippen LogP contribution in [0.3, 0.4) is 0 Å². The fraction of sp³-hybridized carbons (Fsp3) is 0.462. The molecular formula is C13H19N3O2. The third kappa shape index (κ3) is 5.43. The number of carbonyl (C=O) groups excluding carboxylic acids is 2. The Balaban J connectivity index is 2.18. The molecule has 0 unspecified atom stereocenters. The summed E-state index contributed by atoms with van der Waals surface area (Å²) in [5.41, 5.74) is 1.02. The second kappa shape index (κ2) is 7.42. The first kappa shape index (κ1) is 14.2. The van der Waals surface area contributed by atoms with Crippen molar-refractivity contribution in [2.75, 3.05) is 6.54 Å². The van der Waals surface area contributed by atoms with Crippen molar-refractivity contribution in [3.63, 3.8) is 0 Å². The number of carbonyl (C=O) groups is 2. The van der Waals surface area contributed by atoms with Gasteiger partial charge in [0.15, 0.2) is 0 Å². The van der Waals surface area contributed by atoms with E-state index in [9.17, 15) is 9.59 Å². The van der Waals surface area contributed by atoms with Crippen molar-refractivity contribution < 1.29 is 9.59 Å². The van der Waals surface area contributed by atoms with Crippen molar-refractivity contribution >= 4 is 11.8 Å². The average Bonchev–Trinajstić information content (AvgIpc) is 2.34. The van der Waals surface area contributed by atoms with Crippen molar-refractivity contribution in [2.24, 2.45) is 0 Å². The predicted molar refractivity (Wildman–Crippen MR) is 68.8 cm³/mol. The van der Waals surface area contributed by atoms with Crippen molar-refractivity contribution in [1.82, 2.24) is 15.6 Å². The van der Waals surface area contributed by atoms with E-state index in [4.69, 9.17) is 0 Å². The fourth-order valence-electron chi connectivity index (χ4n) is 1.55. The van der Waals surface area contributed by atoms with Crippen LogP contribution in [-0.4, -0.2) is 29.4 Å². The van der Waals surface area contributed by atoms with E-state index in [0.29, 0.717) is 6.54 Å². The van der Waals surface area contributed by atoms with E-state index >= 15 is 0 Å². The molecule has 0 saturated heterocycles. The second-order valence-corrected chi connectivity index (χ2v) is 4.14. The van der Waals surface area contributed by atoms with Gasteiger partial charge in [-0.15, -0.1) is 0 Å². The van der Waals surface area contributed by atoms with Crippen LogP contribution in [0.2, 0.25) is 0 Å². The standard InChI is InChI=1S/C13H19N3O2/c1-10(16-11(2)17)13(18)15-9-5-7-12-6-3-4-8-14-12/h3-4,6,8,10H,5,7,9H2,1-2H3,(H,15,18)(H,16,17)/t10-/m0/s1. The van der Waals surface area contributed by atoms with Gasteiger partial charge in [-0.2, -0.15) is 0 Å². The zero-order valence-corrected chi connectivity index (χ0v) is 10.8. The number of rotatable bonds is 6. The van der Waals surface area contributed by atoms with E-state index in [0.717, 1.165) is 18.5 Å². The lowest BCUT2D eigenvalue weighted by atomic mass is 10.2. The predicted octanol–water partition coefficient (Wildman–Crippen LogP) is 0.655. The number of nitrogens with one attached hydrogen (secondary N) is 2. The summed E-state index contributed by atoms with van der Waals surface area (Å²) in [6.45, 7) is 3.64. The van der Waals surface area contributed by atoms with Crippen LogP contribution < -0.4 is 10.6 Å². The highest BCUT2D eigenvalue weighted by Gasteiger charge is 2.12. The van der Waals surface area contributed by atoms with Gasteiger partial charge in [0.2, 0.25) is 11.8 Å². The molecule has 5 heteroatoms. The van der Waals surface area contributed by atoms with Gasteiger partial charge in [0, 0.05) is 25.4 Å². The van der Waals surface area contributed by atoms with Crippen LogP contribution in [0.15, 0.2) is 24.4 Å². The first-order chi connectivity index (χ1) is 8.59. The van der Waals surface area contributed by atoms with E-state index in [1.54, 1.807) is 13.1 Å². The molecule has 1 atom stereocenters. The summed E-state index contributed by atoms with van der Waals surface area (Å²) in [5.74, 6) is -0.364. The van der Waals surface area contributed by atoms with Crippen LogP contribution in [0.4, 0.5) is 0 Å². The van der Waals surface area contributed by atoms with Crippen molar-refractivity contribution in [1.29, 1.82) is 0 Å². The van der Waals surface area contributed by atoms with Crippen LogP contribution in [0.25, 0.3) is 0 Å². The summed E-state index contributed by atoms with van der Waals surface area (Å²) >= 11 is 0. The number of aromatic nitrogens is 1. The van der Waals surface area contributed by atoms with Gasteiger partial charge in [-0.1, -0.05) is 6.07 Å². The van der Waals surface area contributed by atoms with Crippen LogP contribution in [0.1, 0.15) is 26.0 Å². The Morgan fingerprint density at radius 1 is 1.39 bits per heavy atom. The fourth-order valence-corrected chi connectivity index (χ4v) is 1.55. The van der Waals surface area contributed by atoms with Gasteiger partial charge in [-0.05, 0) is 31.9 Å². The van der Waals surface area contributed by atoms with Gasteiger partial charge in [-0.25, -0.2) is 0 Å². The molecule has 0 spiro atoms. The van der Waals surface area contributed by atoms with E-state index in [1.165, 1.54) is 6.92 Å². The van der Waals surface area contributed by atoms with Crippen LogP contribution in [0.5, 0.6) is 0 Å². The number of amides is 2. The summed E-state index contributed by atoms with van der Waals surface area (Å²) in [5, 5.41) is 5.31. The second-order valence-electron chi connectivity index (χ2n) is 4.14. The SMILES string of the molecule is CC(=O)N[C@@H](C)C(=O)NCCCc1ccccn1. The molecule has 98 valence electrons. The maximum absolute atomic E-state index is 11.5. The van der Waals surface area contributed by atoms with Gasteiger partial charge in [0.1, 0.15) is 6.04 Å². The normalized spacial score (nSPS) is 11.7. The Hall–Kier alpha value is -1.91. The average molecular weight is 249 g/mol. The first-order valence-corrected chi connectivity index (χ1v) is 6.04. The molecule has 2 amide bonds. The molecule has 1 heterocycles.